The highest BCUT2D eigenvalue weighted by molar-refractivity contribution is 7.47. The van der Waals surface area contributed by atoms with Crippen LogP contribution < -0.4 is 5.32 Å². The van der Waals surface area contributed by atoms with Gasteiger partial charge in [0.25, 0.3) is 0 Å². The molecule has 3 unspecified atom stereocenters. The lowest BCUT2D eigenvalue weighted by Crippen LogP contribution is -2.45. The smallest absolute Gasteiger partial charge is 0.387 e. The van der Waals surface area contributed by atoms with E-state index in [9.17, 15) is 19.4 Å². The molecule has 0 aliphatic heterocycles. The van der Waals surface area contributed by atoms with Crippen LogP contribution in [0.15, 0.2) is 36.5 Å². The largest absolute Gasteiger partial charge is 0.472 e. The number of allylic oxidation sites excluding steroid dienone is 5. The molecule has 0 aromatic rings. The summed E-state index contributed by atoms with van der Waals surface area (Å²) in [6.45, 7) is 4.83. The van der Waals surface area contributed by atoms with Crippen molar-refractivity contribution in [3.8, 4) is 0 Å². The lowest BCUT2D eigenvalue weighted by Gasteiger charge is -2.25. The fourth-order valence-electron chi connectivity index (χ4n) is 8.55. The number of hydrogen-bond acceptors (Lipinski definition) is 5. The molecular formula is C58H114N2O6P+. The molecule has 0 aliphatic rings. The van der Waals surface area contributed by atoms with Gasteiger partial charge in [-0.1, -0.05) is 262 Å². The molecular weight excluding hydrogens is 852 g/mol. The first-order valence-electron chi connectivity index (χ1n) is 28.9. The van der Waals surface area contributed by atoms with Gasteiger partial charge < -0.3 is 19.8 Å². The van der Waals surface area contributed by atoms with Crippen LogP contribution in [0.1, 0.15) is 277 Å². The highest BCUT2D eigenvalue weighted by Gasteiger charge is 2.27. The lowest BCUT2D eigenvalue weighted by atomic mass is 10.0. The predicted molar refractivity (Wildman–Crippen MR) is 291 cm³/mol. The van der Waals surface area contributed by atoms with Crippen LogP contribution in [0.3, 0.4) is 0 Å². The molecule has 0 bridgehead atoms. The lowest BCUT2D eigenvalue weighted by molar-refractivity contribution is -0.870. The number of likely N-dealkylation sites (N-methyl/N-ethyl adjacent to an activating group) is 1. The van der Waals surface area contributed by atoms with E-state index < -0.39 is 20.0 Å². The number of phosphoric acid groups is 1. The van der Waals surface area contributed by atoms with E-state index in [-0.39, 0.29) is 19.1 Å². The third-order valence-corrected chi connectivity index (χ3v) is 14.1. The van der Waals surface area contributed by atoms with E-state index in [1.54, 1.807) is 6.08 Å². The minimum Gasteiger partial charge on any atom is -0.387 e. The molecule has 67 heavy (non-hydrogen) atoms. The number of aliphatic hydroxyl groups is 1. The Morgan fingerprint density at radius 1 is 0.493 bits per heavy atom. The number of nitrogens with zero attached hydrogens (tertiary/aromatic N) is 1. The summed E-state index contributed by atoms with van der Waals surface area (Å²) in [5.41, 5.74) is 0. The molecule has 3 atom stereocenters. The zero-order valence-electron chi connectivity index (χ0n) is 45.2. The summed E-state index contributed by atoms with van der Waals surface area (Å²) in [6.07, 6.45) is 63.9. The Hall–Kier alpha value is -1.28. The van der Waals surface area contributed by atoms with Gasteiger partial charge in [0, 0.05) is 6.42 Å². The number of carbonyl (C=O) groups is 1. The number of quaternary nitrogens is 1. The average Bonchev–Trinajstić information content (AvgIpc) is 3.29. The number of nitrogens with one attached hydrogen (secondary N) is 1. The van der Waals surface area contributed by atoms with Crippen LogP contribution >= 0.6 is 7.82 Å². The zero-order chi connectivity index (χ0) is 49.2. The Morgan fingerprint density at radius 2 is 0.821 bits per heavy atom. The van der Waals surface area contributed by atoms with Crippen LogP contribution in [-0.2, 0) is 18.4 Å². The molecule has 9 heteroatoms. The molecule has 0 saturated carbocycles. The van der Waals surface area contributed by atoms with Crippen molar-refractivity contribution in [2.45, 2.75) is 289 Å². The van der Waals surface area contributed by atoms with E-state index in [1.807, 2.05) is 27.2 Å². The van der Waals surface area contributed by atoms with Crippen LogP contribution in [0, 0.1) is 0 Å². The summed E-state index contributed by atoms with van der Waals surface area (Å²) in [5.74, 6) is -0.186. The van der Waals surface area contributed by atoms with Gasteiger partial charge in [-0.15, -0.1) is 0 Å². The van der Waals surface area contributed by atoms with E-state index in [1.165, 1.54) is 212 Å². The van der Waals surface area contributed by atoms with Crippen LogP contribution in [-0.4, -0.2) is 73.4 Å². The molecule has 0 heterocycles. The maximum atomic E-state index is 13.0. The summed E-state index contributed by atoms with van der Waals surface area (Å²) in [5, 5.41) is 13.9. The molecule has 0 fully saturated rings. The number of unbranched alkanes of at least 4 members (excludes halogenated alkanes) is 36. The maximum absolute atomic E-state index is 13.0. The number of aliphatic hydroxyl groups excluding tert-OH is 1. The third kappa shape index (κ3) is 52.4. The van der Waals surface area contributed by atoms with E-state index in [0.29, 0.717) is 17.4 Å². The number of rotatable bonds is 53. The van der Waals surface area contributed by atoms with Crippen LogP contribution in [0.25, 0.3) is 0 Å². The molecule has 0 rings (SSSR count). The van der Waals surface area contributed by atoms with Gasteiger partial charge in [0.1, 0.15) is 13.2 Å². The summed E-state index contributed by atoms with van der Waals surface area (Å²) in [6, 6.07) is -0.868. The molecule has 0 spiro atoms. The van der Waals surface area contributed by atoms with Gasteiger partial charge in [0.2, 0.25) is 5.91 Å². The third-order valence-electron chi connectivity index (χ3n) is 13.1. The van der Waals surface area contributed by atoms with Crippen molar-refractivity contribution in [2.75, 3.05) is 40.9 Å². The monoisotopic (exact) mass is 966 g/mol. The molecule has 0 saturated heterocycles. The van der Waals surface area contributed by atoms with Crippen molar-refractivity contribution < 1.29 is 32.9 Å². The Balaban J connectivity index is 4.28. The molecule has 0 radical (unpaired) electrons. The Bertz CT molecular complexity index is 1190. The minimum atomic E-state index is -4.36. The van der Waals surface area contributed by atoms with Crippen molar-refractivity contribution in [1.29, 1.82) is 0 Å². The molecule has 0 aromatic carbocycles. The molecule has 1 amide bonds. The van der Waals surface area contributed by atoms with E-state index in [4.69, 9.17) is 9.05 Å². The SMILES string of the molecule is CCCCCCCCCCCCCCCC/C=C/CC/C=C/CC/C=C/C(O)C(COP(=O)(O)OCC[N+](C)(C)C)NC(=O)CCCCCCCCCCCCCCCCCCCCCCC. The van der Waals surface area contributed by atoms with Crippen molar-refractivity contribution in [2.24, 2.45) is 0 Å². The quantitative estimate of drug-likeness (QED) is 0.0243. The minimum absolute atomic E-state index is 0.0551. The fraction of sp³-hybridized carbons (Fsp3) is 0.879. The van der Waals surface area contributed by atoms with Gasteiger partial charge in [-0.05, 0) is 44.9 Å². The number of phosphoric ester groups is 1. The molecule has 0 aliphatic carbocycles. The Kier molecular flexibility index (Phi) is 48.7. The summed E-state index contributed by atoms with van der Waals surface area (Å²) in [7, 11) is 1.56. The van der Waals surface area contributed by atoms with Gasteiger partial charge in [0.15, 0.2) is 0 Å². The van der Waals surface area contributed by atoms with E-state index >= 15 is 0 Å². The topological polar surface area (TPSA) is 105 Å². The van der Waals surface area contributed by atoms with Crippen molar-refractivity contribution in [1.82, 2.24) is 5.32 Å². The summed E-state index contributed by atoms with van der Waals surface area (Å²) in [4.78, 5) is 23.3. The second-order valence-electron chi connectivity index (χ2n) is 21.0. The molecule has 3 N–H and O–H groups in total. The second kappa shape index (κ2) is 49.7. The fourth-order valence-corrected chi connectivity index (χ4v) is 9.28. The normalized spacial score (nSPS) is 14.2. The van der Waals surface area contributed by atoms with E-state index in [2.05, 4.69) is 43.5 Å². The van der Waals surface area contributed by atoms with Crippen molar-refractivity contribution in [3.63, 3.8) is 0 Å². The summed E-state index contributed by atoms with van der Waals surface area (Å²) >= 11 is 0. The molecule has 0 aromatic heterocycles. The molecule has 396 valence electrons. The summed E-state index contributed by atoms with van der Waals surface area (Å²) < 4.78 is 23.7. The first kappa shape index (κ1) is 65.7. The van der Waals surface area contributed by atoms with Crippen LogP contribution in [0.2, 0.25) is 0 Å². The van der Waals surface area contributed by atoms with Crippen molar-refractivity contribution in [3.05, 3.63) is 36.5 Å². The van der Waals surface area contributed by atoms with Gasteiger partial charge in [0.05, 0.1) is 39.9 Å². The van der Waals surface area contributed by atoms with Gasteiger partial charge >= 0.3 is 7.82 Å². The average molecular weight is 967 g/mol. The number of amides is 1. The highest BCUT2D eigenvalue weighted by atomic mass is 31.2. The van der Waals surface area contributed by atoms with Crippen LogP contribution in [0.4, 0.5) is 0 Å². The highest BCUT2D eigenvalue weighted by Crippen LogP contribution is 2.43. The Labute approximate surface area is 417 Å². The second-order valence-corrected chi connectivity index (χ2v) is 22.5. The standard InChI is InChI=1S/C58H113N2O6P/c1-6-8-10-12-14-16-18-20-22-24-26-28-29-30-32-33-35-37-39-41-43-45-47-49-51-57(61)56(55-66-67(63,64)65-54-53-60(3,4)5)59-58(62)52-50-48-46-44-42-40-38-36-34-31-27-25-23-21-19-17-15-13-11-9-7-2/h33,35,41,43,49,51,56-57,61H,6-32,34,36-40,42,44-48,50,52-55H2,1-5H3,(H-,59,62,63,64)/p+1/b35-33+,43-41+,51-49+. The first-order valence-corrected chi connectivity index (χ1v) is 30.4. The number of carbonyl (C=O) groups excluding carboxylic acids is 1. The van der Waals surface area contributed by atoms with Crippen LogP contribution in [0.5, 0.6) is 0 Å². The van der Waals surface area contributed by atoms with Gasteiger partial charge in [-0.25, -0.2) is 4.57 Å². The molecule has 8 nitrogen and oxygen atoms in total. The number of hydrogen-bond donors (Lipinski definition) is 3. The maximum Gasteiger partial charge on any atom is 0.472 e. The predicted octanol–water partition coefficient (Wildman–Crippen LogP) is 17.4. The zero-order valence-corrected chi connectivity index (χ0v) is 46.0. The van der Waals surface area contributed by atoms with Crippen molar-refractivity contribution >= 4 is 13.7 Å². The van der Waals surface area contributed by atoms with E-state index in [0.717, 1.165) is 44.9 Å². The Morgan fingerprint density at radius 3 is 1.19 bits per heavy atom. The van der Waals surface area contributed by atoms with Gasteiger partial charge in [-0.3, -0.25) is 13.8 Å². The van der Waals surface area contributed by atoms with Gasteiger partial charge in [-0.2, -0.15) is 0 Å². The first-order chi connectivity index (χ1) is 32.5.